The predicted octanol–water partition coefficient (Wildman–Crippen LogP) is 2.36. The minimum absolute atomic E-state index is 0.0208. The number of nitrogens with one attached hydrogen (secondary N) is 1. The van der Waals surface area contributed by atoms with Gasteiger partial charge in [0.25, 0.3) is 0 Å². The van der Waals surface area contributed by atoms with Crippen LogP contribution in [0, 0.1) is 5.92 Å². The molecule has 1 atom stereocenters. The third kappa shape index (κ3) is 6.02. The van der Waals surface area contributed by atoms with E-state index in [1.807, 2.05) is 32.1 Å². The lowest BCUT2D eigenvalue weighted by Crippen LogP contribution is -2.40. The normalized spacial score (nSPS) is 18.8. The summed E-state index contributed by atoms with van der Waals surface area (Å²) in [6.45, 7) is 6.90. The summed E-state index contributed by atoms with van der Waals surface area (Å²) >= 11 is 0. The zero-order chi connectivity index (χ0) is 18.2. The topological polar surface area (TPSA) is 75.4 Å². The van der Waals surface area contributed by atoms with Crippen LogP contribution in [-0.2, 0) is 22.7 Å². The van der Waals surface area contributed by atoms with E-state index in [0.717, 1.165) is 50.0 Å². The Morgan fingerprint density at radius 3 is 2.84 bits per heavy atom. The number of nitrogens with zero attached hydrogens (tertiary/aromatic N) is 1. The van der Waals surface area contributed by atoms with E-state index in [9.17, 15) is 9.59 Å². The number of primary amides is 1. The van der Waals surface area contributed by atoms with E-state index in [4.69, 9.17) is 5.73 Å². The Morgan fingerprint density at radius 2 is 2.12 bits per heavy atom. The van der Waals surface area contributed by atoms with Gasteiger partial charge >= 0.3 is 0 Å². The molecule has 1 aromatic rings. The minimum Gasteiger partial charge on any atom is -0.369 e. The number of rotatable bonds is 7. The number of hydrogen-bond donors (Lipinski definition) is 2. The zero-order valence-corrected chi connectivity index (χ0v) is 15.3. The Morgan fingerprint density at radius 1 is 1.36 bits per heavy atom. The van der Waals surface area contributed by atoms with E-state index >= 15 is 0 Å². The molecule has 25 heavy (non-hydrogen) atoms. The largest absolute Gasteiger partial charge is 0.369 e. The molecule has 0 aliphatic carbocycles. The monoisotopic (exact) mass is 343 g/mol. The Bertz CT molecular complexity index is 640. The smallest absolute Gasteiger partial charge is 0.246 e. The second-order valence-electron chi connectivity index (χ2n) is 6.77. The molecular formula is C20H29N3O2. The van der Waals surface area contributed by atoms with Crippen molar-refractivity contribution in [3.63, 3.8) is 0 Å². The average Bonchev–Trinajstić information content (AvgIpc) is 2.60. The molecule has 0 radical (unpaired) electrons. The highest BCUT2D eigenvalue weighted by Gasteiger charge is 2.23. The van der Waals surface area contributed by atoms with Gasteiger partial charge in [0.15, 0.2) is 0 Å². The minimum atomic E-state index is -0.198. The lowest BCUT2D eigenvalue weighted by molar-refractivity contribution is -0.123. The molecule has 2 rings (SSSR count). The first-order chi connectivity index (χ1) is 12.0. The first-order valence-electron chi connectivity index (χ1n) is 9.04. The molecule has 1 heterocycles. The van der Waals surface area contributed by atoms with Crippen LogP contribution in [-0.4, -0.2) is 29.8 Å². The maximum atomic E-state index is 12.0. The highest BCUT2D eigenvalue weighted by molar-refractivity contribution is 5.92. The summed E-state index contributed by atoms with van der Waals surface area (Å²) < 4.78 is 0. The lowest BCUT2D eigenvalue weighted by Gasteiger charge is -2.31. The number of benzene rings is 1. The Labute approximate surface area is 150 Å². The maximum Gasteiger partial charge on any atom is 0.246 e. The molecule has 136 valence electrons. The number of allylic oxidation sites excluding steroid dienone is 1. The summed E-state index contributed by atoms with van der Waals surface area (Å²) in [6.07, 6.45) is 4.68. The number of likely N-dealkylation sites (tertiary alicyclic amines) is 1. The first-order valence-corrected chi connectivity index (χ1v) is 9.04. The molecule has 1 aliphatic heterocycles. The molecule has 2 amide bonds. The van der Waals surface area contributed by atoms with E-state index < -0.39 is 0 Å². The van der Waals surface area contributed by atoms with Gasteiger partial charge < -0.3 is 11.1 Å². The van der Waals surface area contributed by atoms with Crippen molar-refractivity contribution in [2.45, 2.75) is 46.2 Å². The van der Waals surface area contributed by atoms with Crippen molar-refractivity contribution >= 4 is 11.8 Å². The molecule has 5 heteroatoms. The maximum absolute atomic E-state index is 12.0. The molecule has 1 aromatic carbocycles. The van der Waals surface area contributed by atoms with Crippen LogP contribution in [0.4, 0.5) is 0 Å². The van der Waals surface area contributed by atoms with Crippen molar-refractivity contribution in [3.8, 4) is 0 Å². The van der Waals surface area contributed by atoms with Crippen LogP contribution in [0.15, 0.2) is 35.9 Å². The van der Waals surface area contributed by atoms with Gasteiger partial charge in [-0.05, 0) is 43.9 Å². The number of amides is 2. The van der Waals surface area contributed by atoms with Crippen molar-refractivity contribution in [3.05, 3.63) is 47.0 Å². The van der Waals surface area contributed by atoms with Gasteiger partial charge in [0.05, 0.1) is 5.92 Å². The predicted molar refractivity (Wildman–Crippen MR) is 99.5 cm³/mol. The molecule has 1 saturated heterocycles. The van der Waals surface area contributed by atoms with Gasteiger partial charge in [-0.15, -0.1) is 0 Å². The molecule has 0 saturated carbocycles. The van der Waals surface area contributed by atoms with Gasteiger partial charge in [0.1, 0.15) is 0 Å². The average molecular weight is 343 g/mol. The molecule has 0 bridgehead atoms. The van der Waals surface area contributed by atoms with Crippen LogP contribution in [0.25, 0.3) is 0 Å². The fraction of sp³-hybridized carbons (Fsp3) is 0.500. The second-order valence-corrected chi connectivity index (χ2v) is 6.77. The fourth-order valence-electron chi connectivity index (χ4n) is 3.25. The third-order valence-electron chi connectivity index (χ3n) is 4.63. The molecule has 3 N–H and O–H groups in total. The number of carbonyl (C=O) groups excluding carboxylic acids is 2. The third-order valence-corrected chi connectivity index (χ3v) is 4.63. The molecule has 5 nitrogen and oxygen atoms in total. The van der Waals surface area contributed by atoms with E-state index in [1.165, 1.54) is 5.56 Å². The van der Waals surface area contributed by atoms with Crippen molar-refractivity contribution in [2.75, 3.05) is 13.1 Å². The molecule has 1 unspecified atom stereocenters. The molecular weight excluding hydrogens is 314 g/mol. The summed E-state index contributed by atoms with van der Waals surface area (Å²) in [4.78, 5) is 25.7. The number of nitrogens with two attached hydrogens (primary N) is 1. The number of carbonyl (C=O) groups is 2. The molecule has 0 aromatic heterocycles. The van der Waals surface area contributed by atoms with Gasteiger partial charge in [-0.25, -0.2) is 0 Å². The summed E-state index contributed by atoms with van der Waals surface area (Å²) in [5.41, 5.74) is 8.48. The van der Waals surface area contributed by atoms with Crippen molar-refractivity contribution < 1.29 is 9.59 Å². The fourth-order valence-corrected chi connectivity index (χ4v) is 3.25. The van der Waals surface area contributed by atoms with E-state index in [0.29, 0.717) is 6.54 Å². The first kappa shape index (κ1) is 19.2. The van der Waals surface area contributed by atoms with Gasteiger partial charge in [-0.2, -0.15) is 0 Å². The summed E-state index contributed by atoms with van der Waals surface area (Å²) in [5.74, 6) is -0.256. The summed E-state index contributed by atoms with van der Waals surface area (Å²) in [6, 6.07) is 8.24. The van der Waals surface area contributed by atoms with Gasteiger partial charge in [-0.3, -0.25) is 14.5 Å². The standard InChI is InChI=1S/C20H29N3O2/c1-3-6-15(2)20(25)22-12-16-7-4-8-17(11-16)13-23-10-5-9-18(14-23)19(21)24/h4,6-8,11,18H,3,5,9-10,12-14H2,1-2H3,(H2,21,24)(H,22,25)/b15-6-. The van der Waals surface area contributed by atoms with Crippen LogP contribution in [0.1, 0.15) is 44.2 Å². The Kier molecular flexibility index (Phi) is 7.19. The van der Waals surface area contributed by atoms with Gasteiger partial charge in [0, 0.05) is 25.2 Å². The zero-order valence-electron chi connectivity index (χ0n) is 15.3. The molecule has 1 fully saturated rings. The Balaban J connectivity index is 1.91. The SMILES string of the molecule is CC/C=C(/C)C(=O)NCc1cccc(CN2CCCC(C(N)=O)C2)c1. The van der Waals surface area contributed by atoms with Crippen LogP contribution in [0.2, 0.25) is 0 Å². The lowest BCUT2D eigenvalue weighted by atomic mass is 9.97. The van der Waals surface area contributed by atoms with Crippen LogP contribution < -0.4 is 11.1 Å². The van der Waals surface area contributed by atoms with E-state index in [2.05, 4.69) is 22.3 Å². The quantitative estimate of drug-likeness (QED) is 0.746. The molecule has 1 aliphatic rings. The second kappa shape index (κ2) is 9.37. The highest BCUT2D eigenvalue weighted by atomic mass is 16.2. The number of hydrogen-bond acceptors (Lipinski definition) is 3. The van der Waals surface area contributed by atoms with E-state index in [-0.39, 0.29) is 17.7 Å². The van der Waals surface area contributed by atoms with Crippen LogP contribution in [0.3, 0.4) is 0 Å². The van der Waals surface area contributed by atoms with Crippen LogP contribution in [0.5, 0.6) is 0 Å². The van der Waals surface area contributed by atoms with Crippen molar-refractivity contribution in [2.24, 2.45) is 11.7 Å². The van der Waals surface area contributed by atoms with E-state index in [1.54, 1.807) is 0 Å². The summed E-state index contributed by atoms with van der Waals surface area (Å²) in [7, 11) is 0. The highest BCUT2D eigenvalue weighted by Crippen LogP contribution is 2.18. The van der Waals surface area contributed by atoms with Gasteiger partial charge in [-0.1, -0.05) is 37.3 Å². The van der Waals surface area contributed by atoms with Crippen LogP contribution >= 0.6 is 0 Å². The Hall–Kier alpha value is -2.14. The van der Waals surface area contributed by atoms with Crippen molar-refractivity contribution in [1.82, 2.24) is 10.2 Å². The number of piperidine rings is 1. The van der Waals surface area contributed by atoms with Crippen molar-refractivity contribution in [1.29, 1.82) is 0 Å². The summed E-state index contributed by atoms with van der Waals surface area (Å²) in [5, 5.41) is 2.95. The molecule has 0 spiro atoms. The van der Waals surface area contributed by atoms with Gasteiger partial charge in [0.2, 0.25) is 11.8 Å².